The molecule has 0 spiro atoms. The van der Waals surface area contributed by atoms with Gasteiger partial charge in [-0.15, -0.1) is 0 Å². The van der Waals surface area contributed by atoms with Crippen molar-refractivity contribution < 1.29 is 0 Å². The van der Waals surface area contributed by atoms with Crippen LogP contribution in [0.5, 0.6) is 0 Å². The molecule has 2 N–H and O–H groups in total. The molecular weight excluding hydrogens is 182 g/mol. The van der Waals surface area contributed by atoms with E-state index in [1.54, 1.807) is 11.1 Å². The van der Waals surface area contributed by atoms with E-state index in [9.17, 15) is 0 Å². The normalized spacial score (nSPS) is 33.2. The third-order valence-electron chi connectivity index (χ3n) is 4.39. The van der Waals surface area contributed by atoms with E-state index in [1.807, 2.05) is 0 Å². The summed E-state index contributed by atoms with van der Waals surface area (Å²) in [5.41, 5.74) is 9.22. The minimum Gasteiger partial charge on any atom is -0.327 e. The molecule has 1 saturated carbocycles. The van der Waals surface area contributed by atoms with Crippen LogP contribution in [-0.4, -0.2) is 6.54 Å². The molecule has 2 atom stereocenters. The topological polar surface area (TPSA) is 26.0 Å². The Morgan fingerprint density at radius 3 is 2.67 bits per heavy atom. The minimum absolute atomic E-state index is 0.820. The summed E-state index contributed by atoms with van der Waals surface area (Å²) in [6, 6.07) is 0. The molecule has 0 amide bonds. The zero-order valence-corrected chi connectivity index (χ0v) is 10.1. The quantitative estimate of drug-likeness (QED) is 0.653. The molecule has 0 aromatic carbocycles. The van der Waals surface area contributed by atoms with Crippen LogP contribution in [0.4, 0.5) is 0 Å². The van der Waals surface area contributed by atoms with Crippen LogP contribution < -0.4 is 5.73 Å². The monoisotopic (exact) mass is 207 g/mol. The Hall–Kier alpha value is -0.300. The standard InChI is InChI=1S/C14H25N/c1-11-4-2-3-5-12-7-8-13(10-15)14(12)9-6-11/h11-12H,2-10,15H2,1H3. The fourth-order valence-electron chi connectivity index (χ4n) is 3.33. The summed E-state index contributed by atoms with van der Waals surface area (Å²) < 4.78 is 0. The third kappa shape index (κ3) is 2.63. The van der Waals surface area contributed by atoms with Gasteiger partial charge in [0.25, 0.3) is 0 Å². The highest BCUT2D eigenvalue weighted by atomic mass is 14.5. The summed E-state index contributed by atoms with van der Waals surface area (Å²) in [5, 5.41) is 0. The number of hydrogen-bond donors (Lipinski definition) is 1. The molecular formula is C14H25N. The van der Waals surface area contributed by atoms with Crippen LogP contribution in [0.3, 0.4) is 0 Å². The van der Waals surface area contributed by atoms with Crippen LogP contribution >= 0.6 is 0 Å². The molecule has 1 fully saturated rings. The van der Waals surface area contributed by atoms with Crippen molar-refractivity contribution in [3.05, 3.63) is 11.1 Å². The summed E-state index contributed by atoms with van der Waals surface area (Å²) in [4.78, 5) is 0. The molecule has 0 radical (unpaired) electrons. The van der Waals surface area contributed by atoms with E-state index in [2.05, 4.69) is 6.92 Å². The van der Waals surface area contributed by atoms with Gasteiger partial charge in [-0.3, -0.25) is 0 Å². The second-order valence-corrected chi connectivity index (χ2v) is 5.50. The van der Waals surface area contributed by atoms with Gasteiger partial charge in [0.1, 0.15) is 0 Å². The molecule has 0 aromatic rings. The highest BCUT2D eigenvalue weighted by Gasteiger charge is 2.25. The molecule has 2 aliphatic carbocycles. The van der Waals surface area contributed by atoms with Crippen molar-refractivity contribution in [2.75, 3.05) is 6.54 Å². The second kappa shape index (κ2) is 5.16. The van der Waals surface area contributed by atoms with Gasteiger partial charge in [-0.1, -0.05) is 37.3 Å². The number of rotatable bonds is 1. The van der Waals surface area contributed by atoms with Crippen molar-refractivity contribution in [3.8, 4) is 0 Å². The SMILES string of the molecule is CC1CCCCC2CCC(CN)=C2CC1. The van der Waals surface area contributed by atoms with E-state index in [4.69, 9.17) is 5.73 Å². The Morgan fingerprint density at radius 2 is 1.87 bits per heavy atom. The maximum Gasteiger partial charge on any atom is 0.0139 e. The first-order valence-corrected chi connectivity index (χ1v) is 6.72. The Balaban J connectivity index is 2.08. The van der Waals surface area contributed by atoms with Gasteiger partial charge >= 0.3 is 0 Å². The van der Waals surface area contributed by atoms with Crippen LogP contribution in [0.2, 0.25) is 0 Å². The van der Waals surface area contributed by atoms with Crippen LogP contribution in [-0.2, 0) is 0 Å². The van der Waals surface area contributed by atoms with Gasteiger partial charge in [0.15, 0.2) is 0 Å². The van der Waals surface area contributed by atoms with Crippen LogP contribution in [0, 0.1) is 11.8 Å². The Labute approximate surface area is 94.1 Å². The van der Waals surface area contributed by atoms with E-state index in [0.29, 0.717) is 0 Å². The average molecular weight is 207 g/mol. The largest absolute Gasteiger partial charge is 0.327 e. The van der Waals surface area contributed by atoms with Gasteiger partial charge in [-0.05, 0) is 43.9 Å². The summed E-state index contributed by atoms with van der Waals surface area (Å²) in [7, 11) is 0. The number of fused-ring (bicyclic) bond motifs is 1. The lowest BCUT2D eigenvalue weighted by Gasteiger charge is -2.14. The molecule has 0 heterocycles. The summed E-state index contributed by atoms with van der Waals surface area (Å²) in [6.07, 6.45) is 11.2. The summed E-state index contributed by atoms with van der Waals surface area (Å²) in [6.45, 7) is 3.23. The lowest BCUT2D eigenvalue weighted by molar-refractivity contribution is 0.470. The molecule has 2 unspecified atom stereocenters. The molecule has 2 rings (SSSR count). The average Bonchev–Trinajstić information content (AvgIpc) is 2.65. The molecule has 0 aliphatic heterocycles. The number of allylic oxidation sites excluding steroid dienone is 1. The summed E-state index contributed by atoms with van der Waals surface area (Å²) in [5.74, 6) is 1.84. The van der Waals surface area contributed by atoms with Crippen molar-refractivity contribution in [2.24, 2.45) is 17.6 Å². The zero-order chi connectivity index (χ0) is 10.7. The van der Waals surface area contributed by atoms with Gasteiger partial charge in [-0.25, -0.2) is 0 Å². The molecule has 1 nitrogen and oxygen atoms in total. The molecule has 0 aromatic heterocycles. The summed E-state index contributed by atoms with van der Waals surface area (Å²) >= 11 is 0. The van der Waals surface area contributed by atoms with Crippen molar-refractivity contribution in [3.63, 3.8) is 0 Å². The first kappa shape index (κ1) is 11.2. The Kier molecular flexibility index (Phi) is 3.85. The number of nitrogens with two attached hydrogens (primary N) is 1. The van der Waals surface area contributed by atoms with Crippen LogP contribution in [0.25, 0.3) is 0 Å². The van der Waals surface area contributed by atoms with E-state index >= 15 is 0 Å². The maximum atomic E-state index is 5.85. The molecule has 1 heteroatoms. The van der Waals surface area contributed by atoms with Crippen molar-refractivity contribution in [2.45, 2.75) is 58.3 Å². The Bertz CT molecular complexity index is 242. The highest BCUT2D eigenvalue weighted by molar-refractivity contribution is 5.24. The maximum absolute atomic E-state index is 5.85. The minimum atomic E-state index is 0.820. The second-order valence-electron chi connectivity index (χ2n) is 5.50. The molecule has 0 saturated heterocycles. The zero-order valence-electron chi connectivity index (χ0n) is 10.1. The fourth-order valence-corrected chi connectivity index (χ4v) is 3.33. The molecule has 0 bridgehead atoms. The Morgan fingerprint density at radius 1 is 1.07 bits per heavy atom. The third-order valence-corrected chi connectivity index (χ3v) is 4.39. The highest BCUT2D eigenvalue weighted by Crippen LogP contribution is 2.39. The van der Waals surface area contributed by atoms with E-state index in [0.717, 1.165) is 18.4 Å². The van der Waals surface area contributed by atoms with E-state index in [-0.39, 0.29) is 0 Å². The fraction of sp³-hybridized carbons (Fsp3) is 0.857. The molecule has 15 heavy (non-hydrogen) atoms. The van der Waals surface area contributed by atoms with Crippen molar-refractivity contribution in [1.29, 1.82) is 0 Å². The van der Waals surface area contributed by atoms with Crippen LogP contribution in [0.1, 0.15) is 58.3 Å². The van der Waals surface area contributed by atoms with E-state index < -0.39 is 0 Å². The predicted octanol–water partition coefficient (Wildman–Crippen LogP) is 3.64. The molecule has 86 valence electrons. The van der Waals surface area contributed by atoms with Gasteiger partial charge in [0, 0.05) is 6.54 Å². The van der Waals surface area contributed by atoms with Gasteiger partial charge in [0.2, 0.25) is 0 Å². The van der Waals surface area contributed by atoms with Gasteiger partial charge in [-0.2, -0.15) is 0 Å². The van der Waals surface area contributed by atoms with Crippen molar-refractivity contribution in [1.82, 2.24) is 0 Å². The smallest absolute Gasteiger partial charge is 0.0139 e. The van der Waals surface area contributed by atoms with Crippen LogP contribution in [0.15, 0.2) is 11.1 Å². The van der Waals surface area contributed by atoms with E-state index in [1.165, 1.54) is 51.4 Å². The van der Waals surface area contributed by atoms with Gasteiger partial charge < -0.3 is 5.73 Å². The lowest BCUT2D eigenvalue weighted by Crippen LogP contribution is -2.05. The molecule has 2 aliphatic rings. The number of hydrogen-bond acceptors (Lipinski definition) is 1. The first-order valence-electron chi connectivity index (χ1n) is 6.72. The van der Waals surface area contributed by atoms with Gasteiger partial charge in [0.05, 0.1) is 0 Å². The lowest BCUT2D eigenvalue weighted by atomic mass is 9.91. The predicted molar refractivity (Wildman–Crippen MR) is 65.7 cm³/mol. The first-order chi connectivity index (χ1) is 7.31. The van der Waals surface area contributed by atoms with Crippen molar-refractivity contribution >= 4 is 0 Å².